The highest BCUT2D eigenvalue weighted by Gasteiger charge is 2.54. The van der Waals surface area contributed by atoms with E-state index in [0.29, 0.717) is 17.7 Å². The third kappa shape index (κ3) is 6.08. The molecule has 0 saturated carbocycles. The van der Waals surface area contributed by atoms with Crippen molar-refractivity contribution in [1.82, 2.24) is 0 Å². The van der Waals surface area contributed by atoms with E-state index in [-0.39, 0.29) is 6.61 Å². The standard InChI is InChI=1S/C26H22N4O14/c1-39-26-24(42-20-10-8-16(28(33)34)12-18(20)30(37)38)23(41-19-9-7-15(27(31)32)11-17(19)29(35)36)22-21(43-26)13-40-25(44-22)14-5-3-2-4-6-14/h2-12,21-26H,13H2,1H3/t21-,22-,23+,24-,25?,26+/m1/s1. The van der Waals surface area contributed by atoms with E-state index in [1.54, 1.807) is 30.3 Å². The maximum absolute atomic E-state index is 11.9. The number of nitro groups is 4. The monoisotopic (exact) mass is 614 g/mol. The van der Waals surface area contributed by atoms with Gasteiger partial charge in [-0.3, -0.25) is 40.5 Å². The van der Waals surface area contributed by atoms with Gasteiger partial charge in [0.2, 0.25) is 0 Å². The van der Waals surface area contributed by atoms with Gasteiger partial charge in [-0.15, -0.1) is 0 Å². The van der Waals surface area contributed by atoms with Gasteiger partial charge < -0.3 is 28.4 Å². The van der Waals surface area contributed by atoms with Crippen LogP contribution in [-0.4, -0.2) is 64.1 Å². The number of benzene rings is 3. The number of rotatable bonds is 10. The van der Waals surface area contributed by atoms with Gasteiger partial charge in [-0.05, 0) is 12.1 Å². The Bertz CT molecular complexity index is 1590. The topological polar surface area (TPSA) is 228 Å². The van der Waals surface area contributed by atoms with Crippen LogP contribution < -0.4 is 9.47 Å². The molecule has 18 nitrogen and oxygen atoms in total. The van der Waals surface area contributed by atoms with Crippen molar-refractivity contribution in [3.8, 4) is 11.5 Å². The van der Waals surface area contributed by atoms with E-state index in [4.69, 9.17) is 28.4 Å². The predicted molar refractivity (Wildman–Crippen MR) is 144 cm³/mol. The molecule has 0 aliphatic carbocycles. The number of ether oxygens (including phenoxy) is 6. The molecule has 2 saturated heterocycles. The van der Waals surface area contributed by atoms with Crippen LogP contribution in [0.3, 0.4) is 0 Å². The van der Waals surface area contributed by atoms with Crippen LogP contribution in [0.2, 0.25) is 0 Å². The summed E-state index contributed by atoms with van der Waals surface area (Å²) in [5.41, 5.74) is -2.03. The second-order valence-electron chi connectivity index (χ2n) is 9.45. The van der Waals surface area contributed by atoms with Crippen molar-refractivity contribution in [3.05, 3.63) is 113 Å². The average Bonchev–Trinajstić information content (AvgIpc) is 3.01. The zero-order valence-electron chi connectivity index (χ0n) is 22.5. The van der Waals surface area contributed by atoms with E-state index in [2.05, 4.69) is 0 Å². The van der Waals surface area contributed by atoms with Crippen molar-refractivity contribution in [2.24, 2.45) is 0 Å². The lowest BCUT2D eigenvalue weighted by molar-refractivity contribution is -0.396. The smallest absolute Gasteiger partial charge is 0.317 e. The average molecular weight is 614 g/mol. The molecule has 0 aromatic heterocycles. The Hall–Kier alpha value is -5.30. The molecule has 5 rings (SSSR count). The Labute approximate surface area is 246 Å². The van der Waals surface area contributed by atoms with Crippen LogP contribution in [0.1, 0.15) is 11.9 Å². The molecule has 2 aliphatic rings. The van der Waals surface area contributed by atoms with Crippen molar-refractivity contribution in [2.45, 2.75) is 37.0 Å². The summed E-state index contributed by atoms with van der Waals surface area (Å²) in [6.45, 7) is -0.0588. The van der Waals surface area contributed by atoms with Gasteiger partial charge in [0, 0.05) is 24.8 Å². The third-order valence-electron chi connectivity index (χ3n) is 6.81. The van der Waals surface area contributed by atoms with Crippen LogP contribution in [-0.2, 0) is 18.9 Å². The SMILES string of the molecule is CO[C@H]1O[C@@H]2COC(c3ccccc3)O[C@H]2[C@H](Oc2ccc([N+](=O)[O-])cc2[N+](=O)[O-])[C@H]1Oc1ccc([N+](=O)[O-])cc1[N+](=O)[O-]. The highest BCUT2D eigenvalue weighted by molar-refractivity contribution is 5.54. The van der Waals surface area contributed by atoms with Gasteiger partial charge in [0.15, 0.2) is 36.3 Å². The molecule has 0 radical (unpaired) electrons. The van der Waals surface area contributed by atoms with Crippen molar-refractivity contribution in [3.63, 3.8) is 0 Å². The van der Waals surface area contributed by atoms with Crippen molar-refractivity contribution >= 4 is 22.7 Å². The molecule has 3 aromatic rings. The first-order chi connectivity index (χ1) is 21.1. The van der Waals surface area contributed by atoms with Gasteiger partial charge in [-0.1, -0.05) is 30.3 Å². The predicted octanol–water partition coefficient (Wildman–Crippen LogP) is 4.00. The van der Waals surface area contributed by atoms with Crippen LogP contribution in [0.25, 0.3) is 0 Å². The second-order valence-corrected chi connectivity index (χ2v) is 9.45. The number of non-ortho nitro benzene ring substituents is 2. The van der Waals surface area contributed by atoms with Crippen LogP contribution in [0.15, 0.2) is 66.7 Å². The largest absolute Gasteiger partial charge is 0.476 e. The molecular formula is C26H22N4O14. The van der Waals surface area contributed by atoms with Gasteiger partial charge in [0.05, 0.1) is 38.4 Å². The number of hydrogen-bond acceptors (Lipinski definition) is 14. The zero-order valence-corrected chi connectivity index (χ0v) is 22.5. The molecule has 230 valence electrons. The molecule has 0 spiro atoms. The number of methoxy groups -OCH3 is 1. The van der Waals surface area contributed by atoms with Crippen LogP contribution in [0.5, 0.6) is 11.5 Å². The molecule has 44 heavy (non-hydrogen) atoms. The van der Waals surface area contributed by atoms with E-state index in [1.807, 2.05) is 0 Å². The first-order valence-electron chi connectivity index (χ1n) is 12.8. The van der Waals surface area contributed by atoms with Crippen LogP contribution >= 0.6 is 0 Å². The van der Waals surface area contributed by atoms with E-state index in [9.17, 15) is 40.5 Å². The highest BCUT2D eigenvalue weighted by Crippen LogP contribution is 2.41. The quantitative estimate of drug-likeness (QED) is 0.232. The molecule has 18 heteroatoms. The number of hydrogen-bond donors (Lipinski definition) is 0. The summed E-state index contributed by atoms with van der Waals surface area (Å²) in [6.07, 6.45) is -7.08. The molecule has 2 heterocycles. The van der Waals surface area contributed by atoms with Crippen molar-refractivity contribution < 1.29 is 48.1 Å². The molecule has 0 N–H and O–H groups in total. The van der Waals surface area contributed by atoms with Gasteiger partial charge in [-0.25, -0.2) is 0 Å². The van der Waals surface area contributed by atoms with Gasteiger partial charge in [-0.2, -0.15) is 0 Å². The van der Waals surface area contributed by atoms with E-state index >= 15 is 0 Å². The van der Waals surface area contributed by atoms with E-state index < -0.39 is 90.9 Å². The fraction of sp³-hybridized carbons (Fsp3) is 0.308. The molecule has 1 unspecified atom stereocenters. The molecule has 2 aliphatic heterocycles. The fourth-order valence-corrected chi connectivity index (χ4v) is 4.79. The summed E-state index contributed by atoms with van der Waals surface area (Å²) in [5.74, 6) is -0.826. The zero-order chi connectivity index (χ0) is 31.5. The summed E-state index contributed by atoms with van der Waals surface area (Å²) >= 11 is 0. The van der Waals surface area contributed by atoms with Gasteiger partial charge in [0.25, 0.3) is 11.4 Å². The maximum Gasteiger partial charge on any atom is 0.317 e. The Morgan fingerprint density at radius 1 is 0.705 bits per heavy atom. The van der Waals surface area contributed by atoms with E-state index in [1.165, 1.54) is 7.11 Å². The Balaban J connectivity index is 1.59. The fourth-order valence-electron chi connectivity index (χ4n) is 4.79. The van der Waals surface area contributed by atoms with Gasteiger partial charge >= 0.3 is 11.4 Å². The number of nitrogens with zero attached hydrogens (tertiary/aromatic N) is 4. The van der Waals surface area contributed by atoms with E-state index in [0.717, 1.165) is 24.3 Å². The number of fused-ring (bicyclic) bond motifs is 1. The Morgan fingerprint density at radius 2 is 1.25 bits per heavy atom. The number of nitro benzene ring substituents is 4. The maximum atomic E-state index is 11.9. The third-order valence-corrected chi connectivity index (χ3v) is 6.81. The summed E-state index contributed by atoms with van der Waals surface area (Å²) in [6, 6.07) is 14.2. The lowest BCUT2D eigenvalue weighted by atomic mass is 9.97. The summed E-state index contributed by atoms with van der Waals surface area (Å²) in [4.78, 5) is 42.9. The molecule has 0 amide bonds. The Morgan fingerprint density at radius 3 is 1.75 bits per heavy atom. The molecule has 2 fully saturated rings. The summed E-state index contributed by atoms with van der Waals surface area (Å²) in [7, 11) is 1.24. The second kappa shape index (κ2) is 12.5. The summed E-state index contributed by atoms with van der Waals surface area (Å²) < 4.78 is 35.6. The first kappa shape index (κ1) is 30.2. The lowest BCUT2D eigenvalue weighted by Gasteiger charge is -2.48. The minimum Gasteiger partial charge on any atom is -0.476 e. The normalized spacial score (nSPS) is 24.5. The van der Waals surface area contributed by atoms with Crippen LogP contribution in [0.4, 0.5) is 22.7 Å². The Kier molecular flexibility index (Phi) is 8.58. The highest BCUT2D eigenvalue weighted by atomic mass is 16.8. The first-order valence-corrected chi connectivity index (χ1v) is 12.8. The molecule has 6 atom stereocenters. The molecule has 3 aromatic carbocycles. The van der Waals surface area contributed by atoms with Crippen molar-refractivity contribution in [2.75, 3.05) is 13.7 Å². The molecule has 0 bridgehead atoms. The lowest BCUT2D eigenvalue weighted by Crippen LogP contribution is -2.65. The summed E-state index contributed by atoms with van der Waals surface area (Å²) in [5, 5.41) is 46.3. The van der Waals surface area contributed by atoms with Crippen LogP contribution in [0, 0.1) is 40.5 Å². The minimum absolute atomic E-state index is 0.0588. The van der Waals surface area contributed by atoms with Gasteiger partial charge in [0.1, 0.15) is 12.2 Å². The minimum atomic E-state index is -1.44. The van der Waals surface area contributed by atoms with Crippen molar-refractivity contribution in [1.29, 1.82) is 0 Å². The molecular weight excluding hydrogens is 592 g/mol.